The van der Waals surface area contributed by atoms with Gasteiger partial charge < -0.3 is 9.84 Å². The van der Waals surface area contributed by atoms with Gasteiger partial charge in [-0.1, -0.05) is 22.9 Å². The Labute approximate surface area is 224 Å². The smallest absolute Gasteiger partial charge is 0.301 e. The number of nitro groups is 1. The zero-order valence-electron chi connectivity index (χ0n) is 19.8. The van der Waals surface area contributed by atoms with Gasteiger partial charge in [-0.25, -0.2) is 4.98 Å². The Balaban J connectivity index is 1.53. The molecule has 9 nitrogen and oxygen atoms in total. The van der Waals surface area contributed by atoms with Crippen LogP contribution in [0.1, 0.15) is 29.7 Å². The van der Waals surface area contributed by atoms with Crippen molar-refractivity contribution in [1.29, 1.82) is 0 Å². The fourth-order valence-corrected chi connectivity index (χ4v) is 6.11. The largest absolute Gasteiger partial charge is 0.507 e. The van der Waals surface area contributed by atoms with Crippen LogP contribution < -0.4 is 9.64 Å². The predicted molar refractivity (Wildman–Crippen MR) is 143 cm³/mol. The van der Waals surface area contributed by atoms with Crippen LogP contribution in [0.3, 0.4) is 0 Å². The zero-order valence-corrected chi connectivity index (χ0v) is 21.3. The molecule has 3 aromatic carbocycles. The predicted octanol–water partition coefficient (Wildman–Crippen LogP) is 5.81. The third-order valence-electron chi connectivity index (χ3n) is 6.58. The zero-order chi connectivity index (χ0) is 26.7. The number of thiazole rings is 1. The Kier molecular flexibility index (Phi) is 5.66. The topological polar surface area (TPSA) is 123 Å². The van der Waals surface area contributed by atoms with E-state index in [2.05, 4.69) is 4.98 Å². The molecule has 2 aliphatic heterocycles. The summed E-state index contributed by atoms with van der Waals surface area (Å²) in [7, 11) is 0. The van der Waals surface area contributed by atoms with Gasteiger partial charge in [0.1, 0.15) is 17.6 Å². The highest BCUT2D eigenvalue weighted by atomic mass is 35.5. The third-order valence-corrected chi connectivity index (χ3v) is 7.83. The monoisotopic (exact) mass is 547 g/mol. The molecule has 0 unspecified atom stereocenters. The summed E-state index contributed by atoms with van der Waals surface area (Å²) in [6.45, 7) is 1.94. The molecule has 6 rings (SSSR count). The van der Waals surface area contributed by atoms with Crippen LogP contribution in [0.5, 0.6) is 5.75 Å². The molecule has 0 aliphatic carbocycles. The van der Waals surface area contributed by atoms with Crippen molar-refractivity contribution in [2.24, 2.45) is 0 Å². The van der Waals surface area contributed by atoms with Gasteiger partial charge in [-0.2, -0.15) is 0 Å². The molecule has 0 bridgehead atoms. The van der Waals surface area contributed by atoms with Gasteiger partial charge in [-0.05, 0) is 66.6 Å². The summed E-state index contributed by atoms with van der Waals surface area (Å²) in [5.74, 6) is -1.39. The molecule has 1 aromatic heterocycles. The number of hydrogen-bond donors (Lipinski definition) is 1. The van der Waals surface area contributed by atoms with Crippen molar-refractivity contribution in [3.05, 3.63) is 98.1 Å². The van der Waals surface area contributed by atoms with E-state index in [1.807, 2.05) is 6.92 Å². The van der Waals surface area contributed by atoms with Gasteiger partial charge in [0.15, 0.2) is 5.13 Å². The van der Waals surface area contributed by atoms with Crippen LogP contribution >= 0.6 is 22.9 Å². The van der Waals surface area contributed by atoms with E-state index in [0.717, 1.165) is 5.56 Å². The molecule has 2 aliphatic rings. The molecule has 1 saturated heterocycles. The number of nitrogens with zero attached hydrogens (tertiary/aromatic N) is 3. The average molecular weight is 548 g/mol. The number of ketones is 1. The van der Waals surface area contributed by atoms with Crippen molar-refractivity contribution in [2.75, 3.05) is 4.90 Å². The highest BCUT2D eigenvalue weighted by molar-refractivity contribution is 7.22. The lowest BCUT2D eigenvalue weighted by atomic mass is 9.94. The molecule has 1 N–H and O–H groups in total. The summed E-state index contributed by atoms with van der Waals surface area (Å²) in [5.41, 5.74) is 1.97. The summed E-state index contributed by atoms with van der Waals surface area (Å²) < 4.78 is 6.45. The van der Waals surface area contributed by atoms with Crippen LogP contribution in [0.15, 0.2) is 66.2 Å². The summed E-state index contributed by atoms with van der Waals surface area (Å²) in [6.07, 6.45) is 0.630. The summed E-state index contributed by atoms with van der Waals surface area (Å²) >= 11 is 7.30. The minimum absolute atomic E-state index is 0.0133. The first kappa shape index (κ1) is 24.1. The van der Waals surface area contributed by atoms with Crippen LogP contribution in [0.2, 0.25) is 5.02 Å². The third kappa shape index (κ3) is 3.89. The number of aromatic nitrogens is 1. The number of carbonyl (C=O) groups is 2. The molecule has 4 aromatic rings. The minimum atomic E-state index is -1.06. The van der Waals surface area contributed by atoms with E-state index in [-0.39, 0.29) is 28.3 Å². The first-order valence-corrected chi connectivity index (χ1v) is 12.8. The lowest BCUT2D eigenvalue weighted by molar-refractivity contribution is -0.384. The number of ether oxygens (including phenoxy) is 1. The van der Waals surface area contributed by atoms with Crippen molar-refractivity contribution in [3.8, 4) is 5.75 Å². The van der Waals surface area contributed by atoms with Gasteiger partial charge in [-0.15, -0.1) is 0 Å². The number of non-ortho nitro benzene ring substituents is 1. The van der Waals surface area contributed by atoms with E-state index in [4.69, 9.17) is 16.3 Å². The molecular formula is C27H18ClN3O6S. The fraction of sp³-hybridized carbons (Fsp3) is 0.148. The lowest BCUT2D eigenvalue weighted by Crippen LogP contribution is -2.29. The highest BCUT2D eigenvalue weighted by Gasteiger charge is 2.48. The van der Waals surface area contributed by atoms with E-state index in [0.29, 0.717) is 38.5 Å². The quantitative estimate of drug-likeness (QED) is 0.112. The van der Waals surface area contributed by atoms with Crippen molar-refractivity contribution >= 4 is 61.4 Å². The minimum Gasteiger partial charge on any atom is -0.507 e. The highest BCUT2D eigenvalue weighted by Crippen LogP contribution is 2.45. The maximum absolute atomic E-state index is 13.4. The fourth-order valence-electron chi connectivity index (χ4n) is 4.84. The van der Waals surface area contributed by atoms with Crippen LogP contribution in [0.4, 0.5) is 10.8 Å². The second kappa shape index (κ2) is 8.93. The molecule has 38 heavy (non-hydrogen) atoms. The molecule has 0 spiro atoms. The SMILES string of the molecule is C[C@H]1Cc2cc(/C(O)=C3\C(=O)C(=O)N(c4nc5ccc(Cl)cc5s4)[C@@H]3c3ccc([N+](=O)[O-])cc3)ccc2O1. The number of aliphatic hydroxyl groups is 1. The van der Waals surface area contributed by atoms with Crippen LogP contribution in [-0.2, 0) is 16.0 Å². The Morgan fingerprint density at radius 2 is 1.92 bits per heavy atom. The van der Waals surface area contributed by atoms with Gasteiger partial charge in [0.2, 0.25) is 0 Å². The Morgan fingerprint density at radius 1 is 1.16 bits per heavy atom. The number of benzene rings is 3. The van der Waals surface area contributed by atoms with Gasteiger partial charge in [0.25, 0.3) is 11.5 Å². The molecular weight excluding hydrogens is 530 g/mol. The first-order valence-electron chi connectivity index (χ1n) is 11.6. The van der Waals surface area contributed by atoms with Crippen molar-refractivity contribution < 1.29 is 24.4 Å². The van der Waals surface area contributed by atoms with E-state index < -0.39 is 22.7 Å². The molecule has 2 atom stereocenters. The number of halogens is 1. The number of nitro benzene ring substituents is 1. The Hall–Kier alpha value is -4.28. The maximum Gasteiger partial charge on any atom is 0.301 e. The maximum atomic E-state index is 13.4. The van der Waals surface area contributed by atoms with E-state index >= 15 is 0 Å². The van der Waals surface area contributed by atoms with E-state index in [1.54, 1.807) is 36.4 Å². The summed E-state index contributed by atoms with van der Waals surface area (Å²) in [5, 5.41) is 23.4. The molecule has 3 heterocycles. The summed E-state index contributed by atoms with van der Waals surface area (Å²) in [6, 6.07) is 14.7. The number of hydrogen-bond acceptors (Lipinski definition) is 8. The van der Waals surface area contributed by atoms with Gasteiger partial charge >= 0.3 is 5.91 Å². The number of amides is 1. The van der Waals surface area contributed by atoms with Crippen molar-refractivity contribution in [2.45, 2.75) is 25.5 Å². The summed E-state index contributed by atoms with van der Waals surface area (Å²) in [4.78, 5) is 43.3. The number of aliphatic hydroxyl groups excluding tert-OH is 1. The van der Waals surface area contributed by atoms with Crippen molar-refractivity contribution in [1.82, 2.24) is 4.98 Å². The number of Topliss-reactive ketones (excluding diaryl/α,β-unsaturated/α-hetero) is 1. The van der Waals surface area contributed by atoms with Gasteiger partial charge in [-0.3, -0.25) is 24.6 Å². The number of anilines is 1. The molecule has 0 saturated carbocycles. The number of rotatable bonds is 4. The van der Waals surface area contributed by atoms with Crippen LogP contribution in [0, 0.1) is 10.1 Å². The average Bonchev–Trinajstić information content (AvgIpc) is 3.55. The number of carbonyl (C=O) groups excluding carboxylic acids is 2. The van der Waals surface area contributed by atoms with Gasteiger partial charge in [0.05, 0.1) is 26.8 Å². The lowest BCUT2D eigenvalue weighted by Gasteiger charge is -2.23. The first-order chi connectivity index (χ1) is 18.2. The van der Waals surface area contributed by atoms with Crippen LogP contribution in [-0.4, -0.2) is 32.8 Å². The molecule has 1 amide bonds. The normalized spacial score (nSPS) is 20.1. The molecule has 1 fully saturated rings. The van der Waals surface area contributed by atoms with E-state index in [1.165, 1.54) is 40.5 Å². The Morgan fingerprint density at radius 3 is 2.66 bits per heavy atom. The molecule has 11 heteroatoms. The molecule has 190 valence electrons. The van der Waals surface area contributed by atoms with Crippen LogP contribution in [0.25, 0.3) is 16.0 Å². The standard InChI is InChI=1S/C27H18ClN3O6S/c1-13-10-16-11-15(4-9-20(16)37-13)24(32)22-23(14-2-6-18(7-3-14)31(35)36)30(26(34)25(22)33)27-29-19-8-5-17(28)12-21(19)38-27/h2-9,11-13,23,32H,10H2,1H3/b24-22+/t13-,23+/m0/s1. The number of fused-ring (bicyclic) bond motifs is 2. The Bertz CT molecular complexity index is 1700. The second-order valence-corrected chi connectivity index (χ2v) is 10.5. The van der Waals surface area contributed by atoms with Gasteiger partial charge in [0, 0.05) is 29.1 Å². The second-order valence-electron chi connectivity index (χ2n) is 9.08. The van der Waals surface area contributed by atoms with E-state index in [9.17, 15) is 24.8 Å². The van der Waals surface area contributed by atoms with Crippen molar-refractivity contribution in [3.63, 3.8) is 0 Å². The molecule has 0 radical (unpaired) electrons.